The van der Waals surface area contributed by atoms with E-state index < -0.39 is 5.60 Å². The van der Waals surface area contributed by atoms with Crippen LogP contribution in [0.4, 0.5) is 0 Å². The lowest BCUT2D eigenvalue weighted by molar-refractivity contribution is -0.123. The molecule has 4 rings (SSSR count). The summed E-state index contributed by atoms with van der Waals surface area (Å²) < 4.78 is 8.19. The van der Waals surface area contributed by atoms with E-state index in [0.717, 1.165) is 29.8 Å². The van der Waals surface area contributed by atoms with Crippen LogP contribution in [0.1, 0.15) is 60.4 Å². The van der Waals surface area contributed by atoms with Gasteiger partial charge >= 0.3 is 0 Å². The number of carbonyl (C=O) groups excluding carboxylic acids is 2. The second kappa shape index (κ2) is 8.74. The number of nitrogens with one attached hydrogen (secondary N) is 1. The van der Waals surface area contributed by atoms with Crippen LogP contribution in [0.3, 0.4) is 0 Å². The van der Waals surface area contributed by atoms with Gasteiger partial charge in [-0.05, 0) is 37.3 Å². The molecule has 0 radical (unpaired) electrons. The number of ether oxygens (including phenoxy) is 1. The molecule has 0 aromatic carbocycles. The molecule has 0 aliphatic carbocycles. The van der Waals surface area contributed by atoms with Gasteiger partial charge in [0.05, 0.1) is 37.5 Å². The topological polar surface area (TPSA) is 102 Å². The number of aromatic nitrogens is 4. The highest BCUT2D eigenvalue weighted by molar-refractivity contribution is 5.94. The van der Waals surface area contributed by atoms with E-state index in [-0.39, 0.29) is 11.8 Å². The van der Waals surface area contributed by atoms with E-state index in [9.17, 15) is 9.59 Å². The molecule has 2 aliphatic rings. The highest BCUT2D eigenvalue weighted by Crippen LogP contribution is 2.33. The Morgan fingerprint density at radius 2 is 2.13 bits per heavy atom. The first-order valence-electron chi connectivity index (χ1n) is 10.9. The van der Waals surface area contributed by atoms with E-state index in [1.165, 1.54) is 0 Å². The van der Waals surface area contributed by atoms with Gasteiger partial charge in [-0.15, -0.1) is 5.10 Å². The van der Waals surface area contributed by atoms with Gasteiger partial charge in [0.2, 0.25) is 5.91 Å². The largest absolute Gasteiger partial charge is 0.365 e. The first-order valence-corrected chi connectivity index (χ1v) is 10.9. The predicted molar refractivity (Wildman–Crippen MR) is 113 cm³/mol. The Labute approximate surface area is 182 Å². The van der Waals surface area contributed by atoms with Crippen molar-refractivity contribution in [2.45, 2.75) is 65.3 Å². The van der Waals surface area contributed by atoms with E-state index in [2.05, 4.69) is 20.6 Å². The zero-order valence-electron chi connectivity index (χ0n) is 18.4. The van der Waals surface area contributed by atoms with Gasteiger partial charge < -0.3 is 15.0 Å². The number of carbonyl (C=O) groups is 2. The Morgan fingerprint density at radius 3 is 2.90 bits per heavy atom. The Balaban J connectivity index is 1.42. The van der Waals surface area contributed by atoms with Crippen LogP contribution >= 0.6 is 0 Å². The highest BCUT2D eigenvalue weighted by Gasteiger charge is 2.42. The fraction of sp³-hybridized carbons (Fsp3) is 0.591. The van der Waals surface area contributed by atoms with Gasteiger partial charge in [0, 0.05) is 25.4 Å². The molecule has 2 aromatic heterocycles. The van der Waals surface area contributed by atoms with E-state index >= 15 is 0 Å². The molecule has 2 aliphatic heterocycles. The van der Waals surface area contributed by atoms with Crippen molar-refractivity contribution in [1.82, 2.24) is 30.2 Å². The summed E-state index contributed by atoms with van der Waals surface area (Å²) in [5, 5.41) is 11.5. The molecule has 1 unspecified atom stereocenters. The van der Waals surface area contributed by atoms with Gasteiger partial charge in [0.1, 0.15) is 11.3 Å². The monoisotopic (exact) mass is 426 g/mol. The molecule has 31 heavy (non-hydrogen) atoms. The summed E-state index contributed by atoms with van der Waals surface area (Å²) in [7, 11) is 0. The highest BCUT2D eigenvalue weighted by atomic mass is 16.5. The smallest absolute Gasteiger partial charge is 0.255 e. The SMILES string of the molecule is Cc1cncc(C(=O)N2CCCC3(C2)Cn2nnc(CNC(=O)CC(C)C)c2CO3)c1. The van der Waals surface area contributed by atoms with Crippen LogP contribution in [-0.4, -0.2) is 55.4 Å². The lowest BCUT2D eigenvalue weighted by atomic mass is 9.91. The standard InChI is InChI=1S/C22H30N6O3/c1-15(2)7-20(29)24-11-18-19-12-31-22(14-28(19)26-25-18)5-4-6-27(13-22)21(30)17-8-16(3)9-23-10-17/h8-10,15H,4-7,11-14H2,1-3H3,(H,24,29). The third-order valence-electron chi connectivity index (χ3n) is 5.87. The van der Waals surface area contributed by atoms with Crippen LogP contribution in [0.15, 0.2) is 18.5 Å². The van der Waals surface area contributed by atoms with Crippen LogP contribution in [0.5, 0.6) is 0 Å². The van der Waals surface area contributed by atoms with Crippen molar-refractivity contribution in [3.05, 3.63) is 41.0 Å². The van der Waals surface area contributed by atoms with E-state index in [0.29, 0.717) is 50.7 Å². The van der Waals surface area contributed by atoms with Gasteiger partial charge in [-0.1, -0.05) is 19.1 Å². The molecule has 2 aromatic rings. The number of amides is 2. The number of hydrogen-bond acceptors (Lipinski definition) is 6. The minimum absolute atomic E-state index is 0.0111. The minimum Gasteiger partial charge on any atom is -0.365 e. The second-order valence-corrected chi connectivity index (χ2v) is 9.07. The van der Waals surface area contributed by atoms with Crippen LogP contribution in [0, 0.1) is 12.8 Å². The number of hydrogen-bond donors (Lipinski definition) is 1. The van der Waals surface area contributed by atoms with E-state index in [4.69, 9.17) is 4.74 Å². The number of rotatable bonds is 5. The Morgan fingerprint density at radius 1 is 1.29 bits per heavy atom. The molecular weight excluding hydrogens is 396 g/mol. The molecular formula is C22H30N6O3. The zero-order chi connectivity index (χ0) is 22.0. The quantitative estimate of drug-likeness (QED) is 0.783. The zero-order valence-corrected chi connectivity index (χ0v) is 18.4. The maximum absolute atomic E-state index is 13.0. The molecule has 1 spiro atoms. The number of aryl methyl sites for hydroxylation is 1. The summed E-state index contributed by atoms with van der Waals surface area (Å²) >= 11 is 0. The molecule has 0 bridgehead atoms. The Bertz CT molecular complexity index is 972. The maximum atomic E-state index is 13.0. The fourth-order valence-electron chi connectivity index (χ4n) is 4.33. The van der Waals surface area contributed by atoms with Crippen molar-refractivity contribution in [3.8, 4) is 0 Å². The third kappa shape index (κ3) is 4.76. The third-order valence-corrected chi connectivity index (χ3v) is 5.87. The van der Waals surface area contributed by atoms with Crippen molar-refractivity contribution >= 4 is 11.8 Å². The molecule has 1 fully saturated rings. The minimum atomic E-state index is -0.468. The molecule has 9 nitrogen and oxygen atoms in total. The predicted octanol–water partition coefficient (Wildman–Crippen LogP) is 1.85. The number of fused-ring (bicyclic) bond motifs is 1. The summed E-state index contributed by atoms with van der Waals surface area (Å²) in [5.74, 6) is 0.304. The molecule has 1 atom stereocenters. The van der Waals surface area contributed by atoms with E-state index in [1.54, 1.807) is 12.4 Å². The first-order chi connectivity index (χ1) is 14.8. The van der Waals surface area contributed by atoms with Gasteiger partial charge in [0.15, 0.2) is 0 Å². The van der Waals surface area contributed by atoms with Crippen LogP contribution in [0.2, 0.25) is 0 Å². The van der Waals surface area contributed by atoms with Crippen molar-refractivity contribution < 1.29 is 14.3 Å². The number of nitrogens with zero attached hydrogens (tertiary/aromatic N) is 5. The summed E-state index contributed by atoms with van der Waals surface area (Å²) in [6, 6.07) is 1.87. The summed E-state index contributed by atoms with van der Waals surface area (Å²) in [6.07, 6.45) is 5.58. The lowest BCUT2D eigenvalue weighted by Crippen LogP contribution is -2.55. The fourth-order valence-corrected chi connectivity index (χ4v) is 4.33. The summed E-state index contributed by atoms with van der Waals surface area (Å²) in [5.41, 5.74) is 2.73. The molecule has 9 heteroatoms. The Kier molecular flexibility index (Phi) is 6.04. The van der Waals surface area contributed by atoms with Gasteiger partial charge in [0.25, 0.3) is 5.91 Å². The molecule has 1 N–H and O–H groups in total. The first kappa shape index (κ1) is 21.4. The molecule has 1 saturated heterocycles. The second-order valence-electron chi connectivity index (χ2n) is 9.07. The lowest BCUT2D eigenvalue weighted by Gasteiger charge is -2.44. The molecule has 2 amide bonds. The van der Waals surface area contributed by atoms with Crippen LogP contribution in [-0.2, 0) is 29.2 Å². The van der Waals surface area contributed by atoms with E-state index in [1.807, 2.05) is 36.4 Å². The average molecular weight is 427 g/mol. The normalized spacial score (nSPS) is 20.7. The van der Waals surface area contributed by atoms with Crippen molar-refractivity contribution in [2.75, 3.05) is 13.1 Å². The maximum Gasteiger partial charge on any atom is 0.255 e. The number of likely N-dealkylation sites (tertiary alicyclic amines) is 1. The van der Waals surface area contributed by atoms with Gasteiger partial charge in [-0.2, -0.15) is 0 Å². The number of piperidine rings is 1. The van der Waals surface area contributed by atoms with Gasteiger partial charge in [-0.3, -0.25) is 14.6 Å². The average Bonchev–Trinajstić information content (AvgIpc) is 3.13. The summed E-state index contributed by atoms with van der Waals surface area (Å²) in [6.45, 7) is 8.44. The molecule has 166 valence electrons. The van der Waals surface area contributed by atoms with Crippen molar-refractivity contribution in [2.24, 2.45) is 5.92 Å². The van der Waals surface area contributed by atoms with Crippen molar-refractivity contribution in [3.63, 3.8) is 0 Å². The van der Waals surface area contributed by atoms with Gasteiger partial charge in [-0.25, -0.2) is 4.68 Å². The number of pyridine rings is 1. The van der Waals surface area contributed by atoms with Crippen LogP contribution in [0.25, 0.3) is 0 Å². The Hall–Kier alpha value is -2.81. The summed E-state index contributed by atoms with van der Waals surface area (Å²) in [4.78, 5) is 31.0. The van der Waals surface area contributed by atoms with Crippen molar-refractivity contribution in [1.29, 1.82) is 0 Å². The molecule has 0 saturated carbocycles. The van der Waals surface area contributed by atoms with Crippen LogP contribution < -0.4 is 5.32 Å². The molecule has 4 heterocycles.